The van der Waals surface area contributed by atoms with Crippen molar-refractivity contribution in [3.05, 3.63) is 12.2 Å². The summed E-state index contributed by atoms with van der Waals surface area (Å²) in [5, 5.41) is 10.4. The van der Waals surface area contributed by atoms with Gasteiger partial charge in [0.1, 0.15) is 5.60 Å². The van der Waals surface area contributed by atoms with Crippen molar-refractivity contribution in [2.75, 3.05) is 6.61 Å². The van der Waals surface area contributed by atoms with E-state index >= 15 is 0 Å². The minimum absolute atomic E-state index is 0.128. The summed E-state index contributed by atoms with van der Waals surface area (Å²) in [4.78, 5) is 0. The normalized spacial score (nSPS) is 34.6. The predicted octanol–water partition coefficient (Wildman–Crippen LogP) is 8.08. The zero-order valence-corrected chi connectivity index (χ0v) is 27.7. The van der Waals surface area contributed by atoms with E-state index in [0.29, 0.717) is 17.8 Å². The van der Waals surface area contributed by atoms with Crippen LogP contribution in [0.25, 0.3) is 0 Å². The molecule has 3 rings (SSSR count). The number of aliphatic hydroxyl groups excluding tert-OH is 1. The first-order valence-corrected chi connectivity index (χ1v) is 20.5. The van der Waals surface area contributed by atoms with E-state index in [0.717, 1.165) is 25.7 Å². The fraction of sp³-hybridized carbons (Fsp3) is 0.933. The Kier molecular flexibility index (Phi) is 8.66. The lowest BCUT2D eigenvalue weighted by atomic mass is 9.88. The Morgan fingerprint density at radius 3 is 2.11 bits per heavy atom. The van der Waals surface area contributed by atoms with E-state index in [-0.39, 0.29) is 40.1 Å². The Morgan fingerprint density at radius 1 is 0.972 bits per heavy atom. The molecular weight excluding hydrogens is 480 g/mol. The molecule has 0 aromatic heterocycles. The van der Waals surface area contributed by atoms with Gasteiger partial charge < -0.3 is 18.7 Å². The summed E-state index contributed by atoms with van der Waals surface area (Å²) < 4.78 is 20.2. The first kappa shape index (κ1) is 30.6. The van der Waals surface area contributed by atoms with Crippen LogP contribution in [0.2, 0.25) is 36.3 Å². The summed E-state index contributed by atoms with van der Waals surface area (Å²) in [5.74, 6) is 1.45. The van der Waals surface area contributed by atoms with Crippen LogP contribution in [0.15, 0.2) is 12.2 Å². The van der Waals surface area contributed by atoms with E-state index in [4.69, 9.17) is 13.6 Å². The van der Waals surface area contributed by atoms with Gasteiger partial charge >= 0.3 is 0 Å². The molecule has 3 unspecified atom stereocenters. The number of unbranched alkanes of at least 4 members (excludes halogenated alkanes) is 1. The molecule has 1 saturated heterocycles. The first-order valence-electron chi connectivity index (χ1n) is 14.6. The number of rotatable bonds is 11. The lowest BCUT2D eigenvalue weighted by Gasteiger charge is -2.44. The molecule has 7 atom stereocenters. The first-order chi connectivity index (χ1) is 16.3. The van der Waals surface area contributed by atoms with E-state index in [1.54, 1.807) is 0 Å². The zero-order chi connectivity index (χ0) is 27.4. The van der Waals surface area contributed by atoms with Crippen molar-refractivity contribution in [2.45, 2.75) is 154 Å². The van der Waals surface area contributed by atoms with Crippen LogP contribution < -0.4 is 0 Å². The standard InChI is InChI=1S/C30H58O4Si2/c1-13-14-17-29(8,34-36(11,12)28(5,6)7)18-15-16-22-24-20-30(21-31)26(32-30)23(24)19-25(22)33-35(9,10)27(2,3)4/h15-16,22-26,31H,13-14,17-21H2,1-12H3/t22-,23-,24+,25+,26?,29?,30?/m0/s1. The van der Waals surface area contributed by atoms with Crippen LogP contribution in [0, 0.1) is 17.8 Å². The highest BCUT2D eigenvalue weighted by Crippen LogP contribution is 2.63. The highest BCUT2D eigenvalue weighted by atomic mass is 28.4. The fourth-order valence-electron chi connectivity index (χ4n) is 6.19. The Morgan fingerprint density at radius 2 is 1.58 bits per heavy atom. The predicted molar refractivity (Wildman–Crippen MR) is 156 cm³/mol. The number of hydrogen-bond acceptors (Lipinski definition) is 4. The van der Waals surface area contributed by atoms with E-state index in [9.17, 15) is 5.11 Å². The van der Waals surface area contributed by atoms with Crippen molar-refractivity contribution in [3.8, 4) is 0 Å². The van der Waals surface area contributed by atoms with E-state index < -0.39 is 16.6 Å². The quantitative estimate of drug-likeness (QED) is 0.164. The van der Waals surface area contributed by atoms with Crippen molar-refractivity contribution in [1.82, 2.24) is 0 Å². The molecular formula is C30H58O4Si2. The minimum atomic E-state index is -1.88. The van der Waals surface area contributed by atoms with Gasteiger partial charge in [-0.15, -0.1) is 0 Å². The molecule has 1 heterocycles. The average molecular weight is 539 g/mol. The number of fused-ring (bicyclic) bond motifs is 3. The molecule has 4 nitrogen and oxygen atoms in total. The number of ether oxygens (including phenoxy) is 1. The van der Waals surface area contributed by atoms with E-state index in [1.165, 1.54) is 12.8 Å². The third-order valence-electron chi connectivity index (χ3n) is 10.6. The van der Waals surface area contributed by atoms with Gasteiger partial charge in [-0.2, -0.15) is 0 Å². The maximum Gasteiger partial charge on any atom is 0.192 e. The summed E-state index contributed by atoms with van der Waals surface area (Å²) in [6.07, 6.45) is 11.9. The number of epoxide rings is 1. The Balaban J connectivity index is 1.80. The zero-order valence-electron chi connectivity index (χ0n) is 25.7. The molecule has 0 aromatic carbocycles. The van der Waals surface area contributed by atoms with Crippen LogP contribution in [0.4, 0.5) is 0 Å². The van der Waals surface area contributed by atoms with Crippen LogP contribution in [-0.4, -0.2) is 51.8 Å². The highest BCUT2D eigenvalue weighted by Gasteiger charge is 2.71. The second-order valence-electron chi connectivity index (χ2n) is 15.6. The molecule has 1 aliphatic heterocycles. The van der Waals surface area contributed by atoms with Gasteiger partial charge in [0.25, 0.3) is 0 Å². The molecule has 0 amide bonds. The van der Waals surface area contributed by atoms with Gasteiger partial charge in [0, 0.05) is 5.92 Å². The van der Waals surface area contributed by atoms with Crippen LogP contribution >= 0.6 is 0 Å². The van der Waals surface area contributed by atoms with Gasteiger partial charge in [0.2, 0.25) is 0 Å². The van der Waals surface area contributed by atoms with Gasteiger partial charge in [-0.25, -0.2) is 0 Å². The molecule has 2 saturated carbocycles. The van der Waals surface area contributed by atoms with Crippen LogP contribution in [0.1, 0.15) is 93.9 Å². The molecule has 3 fully saturated rings. The lowest BCUT2D eigenvalue weighted by molar-refractivity contribution is 0.0629. The van der Waals surface area contributed by atoms with Crippen molar-refractivity contribution in [2.24, 2.45) is 17.8 Å². The number of aliphatic hydroxyl groups is 1. The minimum Gasteiger partial charge on any atom is -0.413 e. The van der Waals surface area contributed by atoms with E-state index in [1.807, 2.05) is 0 Å². The molecule has 6 heteroatoms. The third kappa shape index (κ3) is 6.09. The molecule has 3 aliphatic rings. The highest BCUT2D eigenvalue weighted by molar-refractivity contribution is 6.74. The summed E-state index contributed by atoms with van der Waals surface area (Å²) in [6, 6.07) is 0. The fourth-order valence-corrected chi connectivity index (χ4v) is 9.27. The van der Waals surface area contributed by atoms with Crippen LogP contribution in [0.3, 0.4) is 0 Å². The Labute approximate surface area is 225 Å². The van der Waals surface area contributed by atoms with Gasteiger partial charge in [0.15, 0.2) is 16.6 Å². The molecule has 1 N–H and O–H groups in total. The average Bonchev–Trinajstić information content (AvgIpc) is 3.23. The van der Waals surface area contributed by atoms with Crippen LogP contribution in [0.5, 0.6) is 0 Å². The second kappa shape index (κ2) is 10.2. The summed E-state index contributed by atoms with van der Waals surface area (Å²) in [6.45, 7) is 28.3. The topological polar surface area (TPSA) is 51.2 Å². The molecule has 2 aliphatic carbocycles. The summed E-state index contributed by atoms with van der Waals surface area (Å²) in [5.41, 5.74) is -0.388. The maximum atomic E-state index is 10.0. The van der Waals surface area contributed by atoms with Gasteiger partial charge in [-0.05, 0) is 80.7 Å². The molecule has 36 heavy (non-hydrogen) atoms. The third-order valence-corrected chi connectivity index (χ3v) is 19.7. The van der Waals surface area contributed by atoms with Gasteiger partial charge in [0.05, 0.1) is 24.4 Å². The van der Waals surface area contributed by atoms with Gasteiger partial charge in [-0.3, -0.25) is 0 Å². The maximum absolute atomic E-state index is 10.0. The smallest absolute Gasteiger partial charge is 0.192 e. The largest absolute Gasteiger partial charge is 0.413 e. The number of hydrogen-bond donors (Lipinski definition) is 1. The molecule has 0 spiro atoms. The SMILES string of the molecule is CCCCC(C)(CC=C[C@H]1[C@H]2CC3(CO)OC3[C@H]2C[C@H]1O[Si](C)(C)C(C)(C)C)O[Si](C)(C)C(C)(C)C. The molecule has 0 aromatic rings. The van der Waals surface area contributed by atoms with Crippen molar-refractivity contribution in [3.63, 3.8) is 0 Å². The van der Waals surface area contributed by atoms with Crippen molar-refractivity contribution in [1.29, 1.82) is 0 Å². The second-order valence-corrected chi connectivity index (χ2v) is 25.1. The summed E-state index contributed by atoms with van der Waals surface area (Å²) >= 11 is 0. The molecule has 210 valence electrons. The molecule has 0 radical (unpaired) electrons. The monoisotopic (exact) mass is 538 g/mol. The van der Waals surface area contributed by atoms with Crippen LogP contribution in [-0.2, 0) is 13.6 Å². The lowest BCUT2D eigenvalue weighted by Crippen LogP contribution is -2.48. The van der Waals surface area contributed by atoms with Crippen molar-refractivity contribution < 1.29 is 18.7 Å². The summed E-state index contributed by atoms with van der Waals surface area (Å²) in [7, 11) is -3.76. The Bertz CT molecular complexity index is 796. The Hall–Kier alpha value is 0.0138. The van der Waals surface area contributed by atoms with Gasteiger partial charge in [-0.1, -0.05) is 73.5 Å². The van der Waals surface area contributed by atoms with Crippen molar-refractivity contribution >= 4 is 16.6 Å². The van der Waals surface area contributed by atoms with E-state index in [2.05, 4.69) is 93.7 Å². The molecule has 0 bridgehead atoms.